The molecule has 3 rings (SSSR count). The van der Waals surface area contributed by atoms with E-state index in [1.165, 1.54) is 12.1 Å². The van der Waals surface area contributed by atoms with Crippen LogP contribution in [-0.4, -0.2) is 4.98 Å². The summed E-state index contributed by atoms with van der Waals surface area (Å²) in [5, 5.41) is 4.45. The second kappa shape index (κ2) is 5.29. The Morgan fingerprint density at radius 3 is 2.50 bits per heavy atom. The Hall–Kier alpha value is -2.42. The number of anilines is 1. The maximum Gasteiger partial charge on any atom is 0.127 e. The number of halogens is 1. The highest BCUT2D eigenvalue weighted by molar-refractivity contribution is 5.80. The molecule has 1 atom stereocenters. The van der Waals surface area contributed by atoms with Gasteiger partial charge in [-0.25, -0.2) is 9.37 Å². The molecule has 3 aromatic rings. The highest BCUT2D eigenvalue weighted by atomic mass is 19.1. The summed E-state index contributed by atoms with van der Waals surface area (Å²) in [4.78, 5) is 4.57. The van der Waals surface area contributed by atoms with Crippen LogP contribution in [0.25, 0.3) is 10.9 Å². The van der Waals surface area contributed by atoms with Crippen molar-refractivity contribution in [3.8, 4) is 0 Å². The lowest BCUT2D eigenvalue weighted by molar-refractivity contribution is 0.626. The van der Waals surface area contributed by atoms with Crippen molar-refractivity contribution >= 4 is 16.7 Å². The van der Waals surface area contributed by atoms with Gasteiger partial charge in [-0.05, 0) is 42.8 Å². The molecule has 0 amide bonds. The summed E-state index contributed by atoms with van der Waals surface area (Å²) >= 11 is 0. The maximum absolute atomic E-state index is 12.9. The molecule has 0 bridgehead atoms. The quantitative estimate of drug-likeness (QED) is 0.752. The molecule has 100 valence electrons. The standard InChI is InChI=1S/C17H15FN2/c1-12(13-6-9-15(18)10-7-13)19-17-11-8-14-4-2-3-5-16(14)20-17/h2-12H,1H3,(H,19,20). The van der Waals surface area contributed by atoms with Gasteiger partial charge in [-0.1, -0.05) is 30.3 Å². The Morgan fingerprint density at radius 2 is 1.70 bits per heavy atom. The van der Waals surface area contributed by atoms with Crippen molar-refractivity contribution in [1.82, 2.24) is 4.98 Å². The highest BCUT2D eigenvalue weighted by Gasteiger charge is 2.06. The topological polar surface area (TPSA) is 24.9 Å². The van der Waals surface area contributed by atoms with Gasteiger partial charge in [0.25, 0.3) is 0 Å². The monoisotopic (exact) mass is 266 g/mol. The number of para-hydroxylation sites is 1. The smallest absolute Gasteiger partial charge is 0.127 e. The van der Waals surface area contributed by atoms with Crippen LogP contribution in [0, 0.1) is 5.82 Å². The van der Waals surface area contributed by atoms with Crippen LogP contribution in [0.3, 0.4) is 0 Å². The number of aromatic nitrogens is 1. The molecule has 0 aliphatic carbocycles. The second-order valence-electron chi connectivity index (χ2n) is 4.81. The van der Waals surface area contributed by atoms with Gasteiger partial charge in [-0.2, -0.15) is 0 Å². The summed E-state index contributed by atoms with van der Waals surface area (Å²) in [6.07, 6.45) is 0. The van der Waals surface area contributed by atoms with Gasteiger partial charge in [-0.15, -0.1) is 0 Å². The molecule has 2 nitrogen and oxygen atoms in total. The second-order valence-corrected chi connectivity index (χ2v) is 4.81. The van der Waals surface area contributed by atoms with Gasteiger partial charge in [-0.3, -0.25) is 0 Å². The third-order valence-electron chi connectivity index (χ3n) is 3.33. The van der Waals surface area contributed by atoms with E-state index in [0.717, 1.165) is 22.3 Å². The lowest BCUT2D eigenvalue weighted by Gasteiger charge is -2.15. The van der Waals surface area contributed by atoms with E-state index in [2.05, 4.69) is 10.3 Å². The van der Waals surface area contributed by atoms with Crippen LogP contribution in [-0.2, 0) is 0 Å². The van der Waals surface area contributed by atoms with E-state index in [0.29, 0.717) is 0 Å². The molecule has 0 spiro atoms. The van der Waals surface area contributed by atoms with E-state index in [-0.39, 0.29) is 11.9 Å². The van der Waals surface area contributed by atoms with Crippen molar-refractivity contribution in [3.05, 3.63) is 72.0 Å². The summed E-state index contributed by atoms with van der Waals surface area (Å²) in [5.74, 6) is 0.602. The zero-order chi connectivity index (χ0) is 13.9. The highest BCUT2D eigenvalue weighted by Crippen LogP contribution is 2.20. The van der Waals surface area contributed by atoms with Crippen LogP contribution in [0.4, 0.5) is 10.2 Å². The minimum absolute atomic E-state index is 0.0734. The van der Waals surface area contributed by atoms with Gasteiger partial charge in [0.1, 0.15) is 11.6 Å². The van der Waals surface area contributed by atoms with E-state index >= 15 is 0 Å². The molecule has 0 aliphatic heterocycles. The van der Waals surface area contributed by atoms with Crippen LogP contribution in [0.15, 0.2) is 60.7 Å². The first-order valence-corrected chi connectivity index (χ1v) is 6.60. The maximum atomic E-state index is 12.9. The van der Waals surface area contributed by atoms with Crippen LogP contribution in [0.5, 0.6) is 0 Å². The minimum Gasteiger partial charge on any atom is -0.364 e. The first-order valence-electron chi connectivity index (χ1n) is 6.60. The molecule has 1 unspecified atom stereocenters. The van der Waals surface area contributed by atoms with Crippen molar-refractivity contribution in [2.24, 2.45) is 0 Å². The molecule has 20 heavy (non-hydrogen) atoms. The fraction of sp³-hybridized carbons (Fsp3) is 0.118. The van der Waals surface area contributed by atoms with E-state index in [1.54, 1.807) is 12.1 Å². The average Bonchev–Trinajstić information content (AvgIpc) is 2.48. The molecule has 1 aromatic heterocycles. The van der Waals surface area contributed by atoms with Crippen LogP contribution in [0.1, 0.15) is 18.5 Å². The number of nitrogens with one attached hydrogen (secondary N) is 1. The van der Waals surface area contributed by atoms with Gasteiger partial charge in [0, 0.05) is 11.4 Å². The molecule has 2 aromatic carbocycles. The summed E-state index contributed by atoms with van der Waals surface area (Å²) in [7, 11) is 0. The van der Waals surface area contributed by atoms with Gasteiger partial charge in [0.15, 0.2) is 0 Å². The Labute approximate surface area is 117 Å². The Bertz CT molecular complexity index is 722. The molecular weight excluding hydrogens is 251 g/mol. The Morgan fingerprint density at radius 1 is 0.950 bits per heavy atom. The first-order chi connectivity index (χ1) is 9.72. The van der Waals surface area contributed by atoms with E-state index in [9.17, 15) is 4.39 Å². The third kappa shape index (κ3) is 2.62. The predicted octanol–water partition coefficient (Wildman–Crippen LogP) is 4.55. The fourth-order valence-corrected chi connectivity index (χ4v) is 2.20. The van der Waals surface area contributed by atoms with Crippen LogP contribution >= 0.6 is 0 Å². The van der Waals surface area contributed by atoms with Crippen LogP contribution in [0.2, 0.25) is 0 Å². The van der Waals surface area contributed by atoms with Crippen molar-refractivity contribution in [1.29, 1.82) is 0 Å². The first kappa shape index (κ1) is 12.6. The summed E-state index contributed by atoms with van der Waals surface area (Å²) in [5.41, 5.74) is 1.99. The van der Waals surface area contributed by atoms with Crippen molar-refractivity contribution in [3.63, 3.8) is 0 Å². The van der Waals surface area contributed by atoms with Crippen molar-refractivity contribution < 1.29 is 4.39 Å². The summed E-state index contributed by atoms with van der Waals surface area (Å²) in [6.45, 7) is 2.03. The fourth-order valence-electron chi connectivity index (χ4n) is 2.20. The number of pyridine rings is 1. The predicted molar refractivity (Wildman–Crippen MR) is 80.2 cm³/mol. The molecule has 0 radical (unpaired) electrons. The molecule has 3 heteroatoms. The molecule has 1 heterocycles. The van der Waals surface area contributed by atoms with Gasteiger partial charge >= 0.3 is 0 Å². The molecule has 0 fully saturated rings. The number of hydrogen-bond acceptors (Lipinski definition) is 2. The van der Waals surface area contributed by atoms with Crippen LogP contribution < -0.4 is 5.32 Å². The number of benzene rings is 2. The molecule has 0 aliphatic rings. The van der Waals surface area contributed by atoms with Crippen molar-refractivity contribution in [2.75, 3.05) is 5.32 Å². The van der Waals surface area contributed by atoms with E-state index in [1.807, 2.05) is 43.3 Å². The third-order valence-corrected chi connectivity index (χ3v) is 3.33. The summed E-state index contributed by atoms with van der Waals surface area (Å²) in [6, 6.07) is 18.6. The molecule has 0 saturated heterocycles. The normalized spacial score (nSPS) is 12.3. The largest absolute Gasteiger partial charge is 0.364 e. The SMILES string of the molecule is CC(Nc1ccc2ccccc2n1)c1ccc(F)cc1. The molecular formula is C17H15FN2. The lowest BCUT2D eigenvalue weighted by Crippen LogP contribution is -2.07. The van der Waals surface area contributed by atoms with Gasteiger partial charge < -0.3 is 5.32 Å². The Kier molecular flexibility index (Phi) is 3.33. The summed E-state index contributed by atoms with van der Waals surface area (Å²) < 4.78 is 12.9. The number of fused-ring (bicyclic) bond motifs is 1. The molecule has 0 saturated carbocycles. The number of rotatable bonds is 3. The number of nitrogens with zero attached hydrogens (tertiary/aromatic N) is 1. The lowest BCUT2D eigenvalue weighted by atomic mass is 10.1. The zero-order valence-electron chi connectivity index (χ0n) is 11.2. The van der Waals surface area contributed by atoms with E-state index in [4.69, 9.17) is 0 Å². The van der Waals surface area contributed by atoms with Gasteiger partial charge in [0.2, 0.25) is 0 Å². The van der Waals surface area contributed by atoms with Crippen molar-refractivity contribution in [2.45, 2.75) is 13.0 Å². The average molecular weight is 266 g/mol. The van der Waals surface area contributed by atoms with Gasteiger partial charge in [0.05, 0.1) is 5.52 Å². The Balaban J connectivity index is 1.83. The zero-order valence-corrected chi connectivity index (χ0v) is 11.2. The minimum atomic E-state index is -0.218. The molecule has 1 N–H and O–H groups in total. The van der Waals surface area contributed by atoms with E-state index < -0.39 is 0 Å². The number of hydrogen-bond donors (Lipinski definition) is 1.